The maximum atomic E-state index is 5.01. The molecule has 0 aromatic carbocycles. The molecule has 114 valence electrons. The normalized spacial score (nSPS) is 17.7. The van der Waals surface area contributed by atoms with E-state index in [2.05, 4.69) is 27.1 Å². The highest BCUT2D eigenvalue weighted by molar-refractivity contribution is 7.11. The molecule has 0 radical (unpaired) electrons. The molecule has 2 rings (SSSR count). The summed E-state index contributed by atoms with van der Waals surface area (Å²) in [5.41, 5.74) is 0. The van der Waals surface area contributed by atoms with Crippen molar-refractivity contribution in [2.75, 3.05) is 60.0 Å². The number of thiazole rings is 1. The minimum absolute atomic E-state index is 0.759. The third-order valence-electron chi connectivity index (χ3n) is 3.62. The first-order chi connectivity index (χ1) is 9.78. The van der Waals surface area contributed by atoms with Crippen LogP contribution in [0.5, 0.6) is 0 Å². The average molecular weight is 298 g/mol. The number of hydrogen-bond acceptors (Lipinski definition) is 6. The van der Waals surface area contributed by atoms with Gasteiger partial charge in [-0.25, -0.2) is 4.98 Å². The van der Waals surface area contributed by atoms with Crippen molar-refractivity contribution in [3.8, 4) is 0 Å². The van der Waals surface area contributed by atoms with E-state index in [0.717, 1.165) is 32.7 Å². The molecule has 1 aromatic rings. The lowest BCUT2D eigenvalue weighted by Gasteiger charge is -2.32. The van der Waals surface area contributed by atoms with E-state index in [1.54, 1.807) is 7.11 Å². The molecule has 0 spiro atoms. The van der Waals surface area contributed by atoms with Crippen LogP contribution >= 0.6 is 11.3 Å². The zero-order chi connectivity index (χ0) is 14.2. The lowest BCUT2D eigenvalue weighted by Crippen LogP contribution is -2.45. The molecule has 1 aliphatic heterocycles. The Labute approximate surface area is 125 Å². The van der Waals surface area contributed by atoms with Crippen LogP contribution in [-0.2, 0) is 17.7 Å². The zero-order valence-electron chi connectivity index (χ0n) is 12.6. The maximum Gasteiger partial charge on any atom is 0.0940 e. The predicted molar refractivity (Wildman–Crippen MR) is 83.3 cm³/mol. The largest absolute Gasteiger partial charge is 0.383 e. The number of hydrogen-bond donors (Lipinski definition) is 1. The smallest absolute Gasteiger partial charge is 0.0940 e. The maximum absolute atomic E-state index is 5.01. The number of rotatable bonds is 8. The Hall–Kier alpha value is -0.530. The van der Waals surface area contributed by atoms with Gasteiger partial charge in [-0.3, -0.25) is 0 Å². The van der Waals surface area contributed by atoms with Crippen LogP contribution in [0.2, 0.25) is 0 Å². The fraction of sp³-hybridized carbons (Fsp3) is 0.786. The van der Waals surface area contributed by atoms with Gasteiger partial charge >= 0.3 is 0 Å². The van der Waals surface area contributed by atoms with Crippen molar-refractivity contribution in [2.24, 2.45) is 0 Å². The van der Waals surface area contributed by atoms with Crippen molar-refractivity contribution >= 4 is 11.3 Å². The van der Waals surface area contributed by atoms with Gasteiger partial charge in [0.25, 0.3) is 0 Å². The number of aromatic nitrogens is 1. The highest BCUT2D eigenvalue weighted by atomic mass is 32.1. The van der Waals surface area contributed by atoms with Gasteiger partial charge in [0.1, 0.15) is 0 Å². The van der Waals surface area contributed by atoms with E-state index in [4.69, 9.17) is 4.74 Å². The van der Waals surface area contributed by atoms with Crippen molar-refractivity contribution in [3.63, 3.8) is 0 Å². The van der Waals surface area contributed by atoms with Crippen molar-refractivity contribution in [1.82, 2.24) is 20.1 Å². The van der Waals surface area contributed by atoms with Gasteiger partial charge in [0.15, 0.2) is 0 Å². The van der Waals surface area contributed by atoms with E-state index in [9.17, 15) is 0 Å². The van der Waals surface area contributed by atoms with E-state index in [0.29, 0.717) is 0 Å². The molecular formula is C14H26N4OS. The van der Waals surface area contributed by atoms with Crippen LogP contribution in [0.15, 0.2) is 6.20 Å². The molecule has 20 heavy (non-hydrogen) atoms. The third kappa shape index (κ3) is 5.46. The fourth-order valence-corrected chi connectivity index (χ4v) is 3.14. The molecule has 0 saturated carbocycles. The molecule has 0 atom stereocenters. The molecule has 0 amide bonds. The molecule has 1 saturated heterocycles. The standard InChI is InChI=1S/C14H26N4OS/c1-17-6-8-18(9-7-17)5-3-14-16-12-13(20-14)11-15-4-10-19-2/h12,15H,3-11H2,1-2H3. The van der Waals surface area contributed by atoms with Crippen LogP contribution in [0.3, 0.4) is 0 Å². The van der Waals surface area contributed by atoms with Crippen molar-refractivity contribution in [2.45, 2.75) is 13.0 Å². The number of nitrogens with zero attached hydrogens (tertiary/aromatic N) is 3. The Morgan fingerprint density at radius 1 is 1.35 bits per heavy atom. The fourth-order valence-electron chi connectivity index (χ4n) is 2.26. The zero-order valence-corrected chi connectivity index (χ0v) is 13.4. The van der Waals surface area contributed by atoms with E-state index >= 15 is 0 Å². The Morgan fingerprint density at radius 3 is 2.90 bits per heavy atom. The van der Waals surface area contributed by atoms with Gasteiger partial charge in [-0.1, -0.05) is 0 Å². The molecule has 1 N–H and O–H groups in total. The third-order valence-corrected chi connectivity index (χ3v) is 4.68. The number of piperazine rings is 1. The van der Waals surface area contributed by atoms with Gasteiger partial charge < -0.3 is 19.9 Å². The van der Waals surface area contributed by atoms with Gasteiger partial charge in [0.05, 0.1) is 11.6 Å². The Kier molecular flexibility index (Phi) is 6.89. The molecule has 2 heterocycles. The second-order valence-electron chi connectivity index (χ2n) is 5.28. The predicted octanol–water partition coefficient (Wildman–Crippen LogP) is 0.669. The van der Waals surface area contributed by atoms with Crippen molar-refractivity contribution in [3.05, 3.63) is 16.1 Å². The summed E-state index contributed by atoms with van der Waals surface area (Å²) in [5.74, 6) is 0. The molecule has 5 nitrogen and oxygen atoms in total. The number of nitrogens with one attached hydrogen (secondary N) is 1. The van der Waals surface area contributed by atoms with Crippen LogP contribution < -0.4 is 5.32 Å². The first kappa shape index (κ1) is 15.9. The first-order valence-corrected chi connectivity index (χ1v) is 8.13. The number of likely N-dealkylation sites (N-methyl/N-ethyl adjacent to an activating group) is 1. The lowest BCUT2D eigenvalue weighted by molar-refractivity contribution is 0.155. The summed E-state index contributed by atoms with van der Waals surface area (Å²) < 4.78 is 5.01. The molecule has 0 aliphatic carbocycles. The summed E-state index contributed by atoms with van der Waals surface area (Å²) in [5, 5.41) is 4.61. The van der Waals surface area contributed by atoms with Gasteiger partial charge in [0, 0.05) is 70.4 Å². The number of methoxy groups -OCH3 is 1. The average Bonchev–Trinajstić information content (AvgIpc) is 2.91. The summed E-state index contributed by atoms with van der Waals surface area (Å²) in [6.45, 7) is 8.44. The van der Waals surface area contributed by atoms with Crippen LogP contribution in [0.25, 0.3) is 0 Å². The van der Waals surface area contributed by atoms with Gasteiger partial charge in [-0.05, 0) is 7.05 Å². The quantitative estimate of drug-likeness (QED) is 0.714. The molecule has 0 unspecified atom stereocenters. The minimum atomic E-state index is 0.759. The van der Waals surface area contributed by atoms with Crippen molar-refractivity contribution in [1.29, 1.82) is 0 Å². The highest BCUT2D eigenvalue weighted by Crippen LogP contribution is 2.14. The van der Waals surface area contributed by atoms with Crippen LogP contribution in [0, 0.1) is 0 Å². The van der Waals surface area contributed by atoms with Crippen LogP contribution in [0.1, 0.15) is 9.88 Å². The second-order valence-corrected chi connectivity index (χ2v) is 6.48. The molecular weight excluding hydrogens is 272 g/mol. The summed E-state index contributed by atoms with van der Waals surface area (Å²) in [4.78, 5) is 10.8. The van der Waals surface area contributed by atoms with Crippen molar-refractivity contribution < 1.29 is 4.74 Å². The van der Waals surface area contributed by atoms with Crippen LogP contribution in [-0.4, -0.2) is 74.8 Å². The molecule has 1 fully saturated rings. The molecule has 1 aromatic heterocycles. The Bertz CT molecular complexity index is 377. The summed E-state index contributed by atoms with van der Waals surface area (Å²) >= 11 is 1.83. The molecule has 0 bridgehead atoms. The van der Waals surface area contributed by atoms with Gasteiger partial charge in [0.2, 0.25) is 0 Å². The number of ether oxygens (including phenoxy) is 1. The molecule has 1 aliphatic rings. The van der Waals surface area contributed by atoms with E-state index in [-0.39, 0.29) is 0 Å². The summed E-state index contributed by atoms with van der Waals surface area (Å²) in [7, 11) is 3.92. The van der Waals surface area contributed by atoms with Gasteiger partial charge in [-0.2, -0.15) is 0 Å². The topological polar surface area (TPSA) is 40.6 Å². The SMILES string of the molecule is COCCNCc1cnc(CCN2CCN(C)CC2)s1. The first-order valence-electron chi connectivity index (χ1n) is 7.32. The van der Waals surface area contributed by atoms with E-state index in [1.807, 2.05) is 17.5 Å². The van der Waals surface area contributed by atoms with Crippen LogP contribution in [0.4, 0.5) is 0 Å². The highest BCUT2D eigenvalue weighted by Gasteiger charge is 2.13. The Balaban J connectivity index is 1.65. The Morgan fingerprint density at radius 2 is 2.15 bits per heavy atom. The summed E-state index contributed by atoms with van der Waals surface area (Å²) in [6, 6.07) is 0. The lowest BCUT2D eigenvalue weighted by atomic mass is 10.3. The summed E-state index contributed by atoms with van der Waals surface area (Å²) in [6.07, 6.45) is 3.08. The molecule has 6 heteroatoms. The second kappa shape index (κ2) is 8.69. The van der Waals surface area contributed by atoms with E-state index in [1.165, 1.54) is 36.1 Å². The monoisotopic (exact) mass is 298 g/mol. The van der Waals surface area contributed by atoms with Gasteiger partial charge in [-0.15, -0.1) is 11.3 Å². The van der Waals surface area contributed by atoms with E-state index < -0.39 is 0 Å². The minimum Gasteiger partial charge on any atom is -0.383 e.